The summed E-state index contributed by atoms with van der Waals surface area (Å²) in [6, 6.07) is 5.88. The highest BCUT2D eigenvalue weighted by Crippen LogP contribution is 2.12. The number of carbonyl (C=O) groups excluding carboxylic acids is 1. The first-order valence-corrected chi connectivity index (χ1v) is 7.92. The van der Waals surface area contributed by atoms with Gasteiger partial charge in [-0.25, -0.2) is 13.1 Å². The summed E-state index contributed by atoms with van der Waals surface area (Å²) in [4.78, 5) is 11.5. The molecule has 6 nitrogen and oxygen atoms in total. The predicted octanol–water partition coefficient (Wildman–Crippen LogP) is -0.125. The zero-order chi connectivity index (χ0) is 15.3. The molecule has 0 spiro atoms. The highest BCUT2D eigenvalue weighted by atomic mass is 32.2. The molecule has 1 rings (SSSR count). The van der Waals surface area contributed by atoms with Crippen molar-refractivity contribution in [2.24, 2.45) is 5.73 Å². The van der Waals surface area contributed by atoms with Crippen LogP contribution in [0.1, 0.15) is 18.1 Å². The van der Waals surface area contributed by atoms with Crippen LogP contribution in [0.15, 0.2) is 24.3 Å². The molecule has 1 atom stereocenters. The Morgan fingerprint density at radius 1 is 1.40 bits per heavy atom. The van der Waals surface area contributed by atoms with E-state index in [0.717, 1.165) is 0 Å². The van der Waals surface area contributed by atoms with Crippen molar-refractivity contribution in [3.63, 3.8) is 0 Å². The third kappa shape index (κ3) is 4.55. The molecule has 8 heteroatoms. The summed E-state index contributed by atoms with van der Waals surface area (Å²) in [7, 11) is -2.23. The van der Waals surface area contributed by atoms with Crippen LogP contribution >= 0.6 is 12.2 Å². The number of hydrogen-bond acceptors (Lipinski definition) is 4. The average Bonchev–Trinajstić information content (AvgIpc) is 2.36. The third-order valence-corrected chi connectivity index (χ3v) is 4.25. The predicted molar refractivity (Wildman–Crippen MR) is 81.6 cm³/mol. The Bertz CT molecular complexity index is 614. The van der Waals surface area contributed by atoms with E-state index in [-0.39, 0.29) is 10.7 Å². The van der Waals surface area contributed by atoms with Crippen molar-refractivity contribution in [3.8, 4) is 0 Å². The van der Waals surface area contributed by atoms with Crippen LogP contribution in [0.3, 0.4) is 0 Å². The van der Waals surface area contributed by atoms with Crippen LogP contribution in [0.4, 0.5) is 0 Å². The lowest BCUT2D eigenvalue weighted by atomic mass is 10.1. The van der Waals surface area contributed by atoms with Gasteiger partial charge in [0.15, 0.2) is 0 Å². The van der Waals surface area contributed by atoms with Gasteiger partial charge in [-0.05, 0) is 12.5 Å². The molecular weight excluding hydrogens is 298 g/mol. The Morgan fingerprint density at radius 2 is 2.00 bits per heavy atom. The fourth-order valence-corrected chi connectivity index (χ4v) is 3.26. The number of benzene rings is 1. The minimum Gasteiger partial charge on any atom is -0.389 e. The first-order chi connectivity index (χ1) is 9.26. The van der Waals surface area contributed by atoms with E-state index in [0.29, 0.717) is 11.1 Å². The fraction of sp³-hybridized carbons (Fsp3) is 0.333. The molecule has 1 amide bonds. The van der Waals surface area contributed by atoms with Gasteiger partial charge in [0.25, 0.3) is 0 Å². The molecular formula is C12H17N3O3S2. The molecule has 1 aromatic carbocycles. The van der Waals surface area contributed by atoms with Gasteiger partial charge in [-0.2, -0.15) is 0 Å². The van der Waals surface area contributed by atoms with E-state index < -0.39 is 22.0 Å². The van der Waals surface area contributed by atoms with Crippen molar-refractivity contribution in [1.29, 1.82) is 0 Å². The lowest BCUT2D eigenvalue weighted by Gasteiger charge is -2.14. The molecule has 0 radical (unpaired) electrons. The second-order valence-corrected chi connectivity index (χ2v) is 6.43. The molecule has 20 heavy (non-hydrogen) atoms. The lowest BCUT2D eigenvalue weighted by molar-refractivity contribution is -0.121. The fourth-order valence-electron chi connectivity index (χ4n) is 1.67. The number of carbonyl (C=O) groups is 1. The van der Waals surface area contributed by atoms with E-state index in [1.807, 2.05) is 0 Å². The zero-order valence-electron chi connectivity index (χ0n) is 11.2. The van der Waals surface area contributed by atoms with Crippen molar-refractivity contribution in [3.05, 3.63) is 35.4 Å². The van der Waals surface area contributed by atoms with E-state index in [1.165, 1.54) is 14.0 Å². The first kappa shape index (κ1) is 16.5. The number of nitrogens with one attached hydrogen (secondary N) is 2. The SMILES string of the molecule is CNC(=O)C(C)NS(=O)(=O)Cc1ccccc1C(N)=S. The van der Waals surface area contributed by atoms with E-state index in [2.05, 4.69) is 10.0 Å². The van der Waals surface area contributed by atoms with Crippen molar-refractivity contribution in [1.82, 2.24) is 10.0 Å². The molecule has 110 valence electrons. The maximum atomic E-state index is 12.0. The minimum atomic E-state index is -3.67. The number of hydrogen-bond donors (Lipinski definition) is 3. The summed E-state index contributed by atoms with van der Waals surface area (Å²) >= 11 is 4.89. The molecule has 1 unspecified atom stereocenters. The highest BCUT2D eigenvalue weighted by Gasteiger charge is 2.21. The van der Waals surface area contributed by atoms with Gasteiger partial charge in [0.05, 0.1) is 11.8 Å². The van der Waals surface area contributed by atoms with Crippen molar-refractivity contribution in [2.75, 3.05) is 7.05 Å². The van der Waals surface area contributed by atoms with E-state index >= 15 is 0 Å². The van der Waals surface area contributed by atoms with Crippen LogP contribution in [-0.2, 0) is 20.6 Å². The van der Waals surface area contributed by atoms with Crippen LogP contribution in [0.5, 0.6) is 0 Å². The average molecular weight is 315 g/mol. The van der Waals surface area contributed by atoms with Crippen molar-refractivity contribution >= 4 is 33.1 Å². The molecule has 0 aliphatic rings. The molecule has 0 aliphatic heterocycles. The summed E-state index contributed by atoms with van der Waals surface area (Å²) in [6.45, 7) is 1.47. The second-order valence-electron chi connectivity index (χ2n) is 4.23. The van der Waals surface area contributed by atoms with Crippen molar-refractivity contribution in [2.45, 2.75) is 18.7 Å². The van der Waals surface area contributed by atoms with Crippen LogP contribution < -0.4 is 15.8 Å². The van der Waals surface area contributed by atoms with Gasteiger partial charge >= 0.3 is 0 Å². The van der Waals surface area contributed by atoms with Gasteiger partial charge < -0.3 is 11.1 Å². The van der Waals surface area contributed by atoms with E-state index in [1.54, 1.807) is 24.3 Å². The Morgan fingerprint density at radius 3 is 2.55 bits per heavy atom. The Kier molecular flexibility index (Phi) is 5.61. The second kappa shape index (κ2) is 6.78. The first-order valence-electron chi connectivity index (χ1n) is 5.86. The molecule has 0 saturated heterocycles. The monoisotopic (exact) mass is 315 g/mol. The van der Waals surface area contributed by atoms with Gasteiger partial charge in [-0.15, -0.1) is 0 Å². The molecule has 4 N–H and O–H groups in total. The third-order valence-electron chi connectivity index (χ3n) is 2.62. The Hall–Kier alpha value is -1.51. The Balaban J connectivity index is 2.92. The largest absolute Gasteiger partial charge is 0.389 e. The summed E-state index contributed by atoms with van der Waals surface area (Å²) in [5, 5.41) is 2.37. The van der Waals surface area contributed by atoms with Crippen LogP contribution in [-0.4, -0.2) is 32.4 Å². The molecule has 0 bridgehead atoms. The topological polar surface area (TPSA) is 101 Å². The molecule has 0 fully saturated rings. The van der Waals surface area contributed by atoms with E-state index in [9.17, 15) is 13.2 Å². The van der Waals surface area contributed by atoms with Gasteiger partial charge in [0, 0.05) is 12.6 Å². The quantitative estimate of drug-likeness (QED) is 0.635. The maximum Gasteiger partial charge on any atom is 0.237 e. The number of amides is 1. The van der Waals surface area contributed by atoms with Crippen LogP contribution in [0.25, 0.3) is 0 Å². The molecule has 1 aromatic rings. The number of thiocarbonyl (C=S) groups is 1. The lowest BCUT2D eigenvalue weighted by Crippen LogP contribution is -2.44. The zero-order valence-corrected chi connectivity index (χ0v) is 12.8. The summed E-state index contributed by atoms with van der Waals surface area (Å²) in [6.07, 6.45) is 0. The van der Waals surface area contributed by atoms with Gasteiger partial charge in [-0.3, -0.25) is 4.79 Å². The van der Waals surface area contributed by atoms with Crippen LogP contribution in [0.2, 0.25) is 0 Å². The maximum absolute atomic E-state index is 12.0. The molecule has 0 aliphatic carbocycles. The van der Waals surface area contributed by atoms with E-state index in [4.69, 9.17) is 18.0 Å². The Labute approximate surface area is 123 Å². The normalized spacial score (nSPS) is 12.7. The molecule has 0 heterocycles. The smallest absolute Gasteiger partial charge is 0.237 e. The van der Waals surface area contributed by atoms with Gasteiger partial charge in [-0.1, -0.05) is 36.5 Å². The van der Waals surface area contributed by atoms with Gasteiger partial charge in [0.1, 0.15) is 4.99 Å². The summed E-state index contributed by atoms with van der Waals surface area (Å²) in [5.74, 6) is -0.696. The van der Waals surface area contributed by atoms with Crippen LogP contribution in [0, 0.1) is 0 Å². The number of rotatable bonds is 6. The molecule has 0 aromatic heterocycles. The van der Waals surface area contributed by atoms with Crippen molar-refractivity contribution < 1.29 is 13.2 Å². The highest BCUT2D eigenvalue weighted by molar-refractivity contribution is 7.88. The number of nitrogens with two attached hydrogens (primary N) is 1. The summed E-state index contributed by atoms with van der Waals surface area (Å²) in [5.41, 5.74) is 6.57. The molecule has 0 saturated carbocycles. The standard InChI is InChI=1S/C12H17N3O3S2/c1-8(12(16)14-2)15-20(17,18)7-9-5-3-4-6-10(9)11(13)19/h3-6,8,15H,7H2,1-2H3,(H2,13,19)(H,14,16). The number of sulfonamides is 1. The summed E-state index contributed by atoms with van der Waals surface area (Å²) < 4.78 is 26.4. The minimum absolute atomic E-state index is 0.134. The number of likely N-dealkylation sites (N-methyl/N-ethyl adjacent to an activating group) is 1. The van der Waals surface area contributed by atoms with Gasteiger partial charge in [0.2, 0.25) is 15.9 Å².